The van der Waals surface area contributed by atoms with Gasteiger partial charge in [-0.15, -0.1) is 0 Å². The minimum Gasteiger partial charge on any atom is -0.477 e. The molecule has 0 aromatic carbocycles. The van der Waals surface area contributed by atoms with Crippen molar-refractivity contribution in [2.45, 2.75) is 19.8 Å². The molecule has 1 aromatic heterocycles. The number of carbonyl (C=O) groups is 1. The number of piperidine rings is 1. The first kappa shape index (κ1) is 15.5. The van der Waals surface area contributed by atoms with Gasteiger partial charge in [0, 0.05) is 23.7 Å². The Kier molecular flexibility index (Phi) is 5.29. The van der Waals surface area contributed by atoms with E-state index in [4.69, 9.17) is 5.11 Å². The van der Waals surface area contributed by atoms with Crippen LogP contribution in [0.25, 0.3) is 0 Å². The second-order valence-corrected chi connectivity index (χ2v) is 5.26. The van der Waals surface area contributed by atoms with Gasteiger partial charge >= 0.3 is 5.97 Å². The fourth-order valence-corrected chi connectivity index (χ4v) is 2.46. The predicted octanol–water partition coefficient (Wildman–Crippen LogP) is 2.12. The lowest BCUT2D eigenvalue weighted by molar-refractivity contribution is 0.0690. The van der Waals surface area contributed by atoms with Gasteiger partial charge in [0.05, 0.1) is 0 Å². The molecule has 0 spiro atoms. The molecule has 4 nitrogen and oxygen atoms in total. The molecule has 1 aliphatic heterocycles. The lowest BCUT2D eigenvalue weighted by Crippen LogP contribution is -2.34. The molecular weight excluding hydrogens is 271 g/mol. The normalized spacial score (nSPS) is 16.3. The van der Waals surface area contributed by atoms with Crippen molar-refractivity contribution in [2.75, 3.05) is 26.3 Å². The van der Waals surface area contributed by atoms with Gasteiger partial charge in [0.15, 0.2) is 0 Å². The van der Waals surface area contributed by atoms with Crippen LogP contribution in [0.1, 0.15) is 34.6 Å². The highest BCUT2D eigenvalue weighted by atomic mass is 19.1. The summed E-state index contributed by atoms with van der Waals surface area (Å²) in [5, 5.41) is 8.98. The van der Waals surface area contributed by atoms with E-state index in [1.54, 1.807) is 13.0 Å². The molecule has 0 bridgehead atoms. The molecule has 2 heterocycles. The molecule has 21 heavy (non-hydrogen) atoms. The molecule has 1 saturated heterocycles. The minimum atomic E-state index is -1.04. The van der Waals surface area contributed by atoms with Crippen LogP contribution in [-0.4, -0.2) is 47.3 Å². The van der Waals surface area contributed by atoms with Gasteiger partial charge in [-0.3, -0.25) is 0 Å². The largest absolute Gasteiger partial charge is 0.477 e. The Labute approximate surface area is 124 Å². The Morgan fingerprint density at radius 3 is 2.81 bits per heavy atom. The summed E-state index contributed by atoms with van der Waals surface area (Å²) in [7, 11) is 0. The molecule has 0 radical (unpaired) electrons. The summed E-state index contributed by atoms with van der Waals surface area (Å²) >= 11 is 0. The lowest BCUT2D eigenvalue weighted by atomic mass is 9.97. The van der Waals surface area contributed by atoms with Crippen molar-refractivity contribution in [3.63, 3.8) is 0 Å². The third-order valence-electron chi connectivity index (χ3n) is 3.58. The van der Waals surface area contributed by atoms with Crippen LogP contribution >= 0.6 is 0 Å². The van der Waals surface area contributed by atoms with Crippen LogP contribution in [0.5, 0.6) is 0 Å². The fourth-order valence-electron chi connectivity index (χ4n) is 2.46. The maximum Gasteiger partial charge on any atom is 0.354 e. The molecule has 0 unspecified atom stereocenters. The number of aromatic nitrogens is 1. The zero-order valence-corrected chi connectivity index (χ0v) is 12.1. The Morgan fingerprint density at radius 1 is 1.48 bits per heavy atom. The van der Waals surface area contributed by atoms with Crippen molar-refractivity contribution in [1.29, 1.82) is 0 Å². The number of hydrogen-bond donors (Lipinski definition) is 1. The van der Waals surface area contributed by atoms with Crippen LogP contribution in [0, 0.1) is 24.7 Å². The summed E-state index contributed by atoms with van der Waals surface area (Å²) in [6.45, 7) is 3.71. The number of aryl methyl sites for hydroxylation is 1. The molecule has 1 aromatic rings. The number of carboxylic acid groups (broad SMARTS) is 1. The second-order valence-electron chi connectivity index (χ2n) is 5.26. The van der Waals surface area contributed by atoms with Gasteiger partial charge in [-0.2, -0.15) is 0 Å². The van der Waals surface area contributed by atoms with E-state index in [0.29, 0.717) is 23.7 Å². The third-order valence-corrected chi connectivity index (χ3v) is 3.58. The van der Waals surface area contributed by atoms with Gasteiger partial charge < -0.3 is 10.0 Å². The molecule has 1 aliphatic rings. The first-order valence-electron chi connectivity index (χ1n) is 7.10. The number of rotatable bonds is 3. The summed E-state index contributed by atoms with van der Waals surface area (Å²) in [4.78, 5) is 17.0. The third kappa shape index (κ3) is 4.54. The quantitative estimate of drug-likeness (QED) is 0.866. The summed E-state index contributed by atoms with van der Waals surface area (Å²) in [5.74, 6) is 5.51. The maximum absolute atomic E-state index is 12.3. The maximum atomic E-state index is 12.3. The molecule has 5 heteroatoms. The van der Waals surface area contributed by atoms with Crippen molar-refractivity contribution in [1.82, 2.24) is 9.88 Å². The monoisotopic (exact) mass is 290 g/mol. The number of hydrogen-bond acceptors (Lipinski definition) is 3. The summed E-state index contributed by atoms with van der Waals surface area (Å²) in [5.41, 5.74) is 1.36. The van der Waals surface area contributed by atoms with E-state index in [1.165, 1.54) is 6.07 Å². The molecule has 0 amide bonds. The predicted molar refractivity (Wildman–Crippen MR) is 78.0 cm³/mol. The van der Waals surface area contributed by atoms with Crippen LogP contribution in [0.3, 0.4) is 0 Å². The van der Waals surface area contributed by atoms with E-state index in [2.05, 4.69) is 21.7 Å². The van der Waals surface area contributed by atoms with Crippen molar-refractivity contribution >= 4 is 5.97 Å². The Hall–Kier alpha value is -1.93. The van der Waals surface area contributed by atoms with Crippen LogP contribution in [0.2, 0.25) is 0 Å². The van der Waals surface area contributed by atoms with Gasteiger partial charge in [-0.05, 0) is 45.0 Å². The zero-order valence-electron chi connectivity index (χ0n) is 12.1. The average molecular weight is 290 g/mol. The van der Waals surface area contributed by atoms with Gasteiger partial charge in [-0.25, -0.2) is 14.2 Å². The van der Waals surface area contributed by atoms with E-state index < -0.39 is 5.97 Å². The van der Waals surface area contributed by atoms with Crippen LogP contribution in [-0.2, 0) is 0 Å². The van der Waals surface area contributed by atoms with Gasteiger partial charge in [0.25, 0.3) is 0 Å². The Balaban J connectivity index is 2.01. The van der Waals surface area contributed by atoms with Crippen LogP contribution in [0.4, 0.5) is 4.39 Å². The fraction of sp³-hybridized carbons (Fsp3) is 0.500. The van der Waals surface area contributed by atoms with Crippen molar-refractivity contribution in [3.05, 3.63) is 29.1 Å². The van der Waals surface area contributed by atoms with Crippen LogP contribution < -0.4 is 0 Å². The molecular formula is C16H19FN2O2. The first-order valence-corrected chi connectivity index (χ1v) is 7.10. The van der Waals surface area contributed by atoms with E-state index in [1.807, 2.05) is 0 Å². The first-order chi connectivity index (χ1) is 10.1. The highest BCUT2D eigenvalue weighted by Gasteiger charge is 2.16. The smallest absolute Gasteiger partial charge is 0.354 e. The highest BCUT2D eigenvalue weighted by molar-refractivity contribution is 5.85. The van der Waals surface area contributed by atoms with Crippen molar-refractivity contribution in [3.8, 4) is 11.8 Å². The molecule has 2 rings (SSSR count). The zero-order chi connectivity index (χ0) is 15.2. The number of halogens is 1. The van der Waals surface area contributed by atoms with E-state index in [9.17, 15) is 9.18 Å². The summed E-state index contributed by atoms with van der Waals surface area (Å²) in [6, 6.07) is 3.29. The average Bonchev–Trinajstić information content (AvgIpc) is 2.46. The molecule has 112 valence electrons. The summed E-state index contributed by atoms with van der Waals surface area (Å²) in [6.07, 6.45) is 1.87. The molecule has 0 atom stereocenters. The molecule has 1 fully saturated rings. The molecule has 0 saturated carbocycles. The number of nitrogens with zero attached hydrogens (tertiary/aromatic N) is 2. The van der Waals surface area contributed by atoms with Gasteiger partial charge in [-0.1, -0.05) is 11.8 Å². The van der Waals surface area contributed by atoms with Gasteiger partial charge in [0.2, 0.25) is 0 Å². The Morgan fingerprint density at radius 2 is 2.19 bits per heavy atom. The highest BCUT2D eigenvalue weighted by Crippen LogP contribution is 2.16. The van der Waals surface area contributed by atoms with E-state index >= 15 is 0 Å². The molecule has 0 aliphatic carbocycles. The van der Waals surface area contributed by atoms with E-state index in [0.717, 1.165) is 25.9 Å². The van der Waals surface area contributed by atoms with Crippen molar-refractivity contribution < 1.29 is 14.3 Å². The van der Waals surface area contributed by atoms with E-state index in [-0.39, 0.29) is 12.4 Å². The van der Waals surface area contributed by atoms with Crippen LogP contribution in [0.15, 0.2) is 12.1 Å². The number of aromatic carboxylic acids is 1. The number of pyridine rings is 1. The minimum absolute atomic E-state index is 0.0251. The van der Waals surface area contributed by atoms with Gasteiger partial charge in [0.1, 0.15) is 12.4 Å². The molecule has 1 N–H and O–H groups in total. The lowest BCUT2D eigenvalue weighted by Gasteiger charge is -2.28. The SMILES string of the molecule is Cc1cc(C#CC2CCN(CCF)CC2)cc(C(=O)O)n1. The summed E-state index contributed by atoms with van der Waals surface area (Å²) < 4.78 is 12.3. The topological polar surface area (TPSA) is 53.4 Å². The number of carboxylic acids is 1. The standard InChI is InChI=1S/C16H19FN2O2/c1-12-10-14(11-15(18-12)16(20)21)3-2-13-4-7-19(8-5-13)9-6-17/h10-11,13H,4-9H2,1H3,(H,20,21). The Bertz CT molecular complexity index is 569. The number of likely N-dealkylation sites (tertiary alicyclic amines) is 1. The second kappa shape index (κ2) is 7.19. The number of alkyl halides is 1. The van der Waals surface area contributed by atoms with Crippen molar-refractivity contribution in [2.24, 2.45) is 5.92 Å².